The molecule has 1 heterocycles. The van der Waals surface area contributed by atoms with Crippen LogP contribution in [0.2, 0.25) is 0 Å². The van der Waals surface area contributed by atoms with Crippen molar-refractivity contribution in [3.8, 4) is 0 Å². The Morgan fingerprint density at radius 1 is 1.44 bits per heavy atom. The number of hydrogen-bond acceptors (Lipinski definition) is 2. The van der Waals surface area contributed by atoms with Gasteiger partial charge in [0.25, 0.3) is 0 Å². The van der Waals surface area contributed by atoms with E-state index in [-0.39, 0.29) is 0 Å². The number of alkyl halides is 1. The lowest BCUT2D eigenvalue weighted by Gasteiger charge is -2.08. The molecule has 0 amide bonds. The highest BCUT2D eigenvalue weighted by Gasteiger charge is 2.10. The normalized spacial score (nSPS) is 11.3. The van der Waals surface area contributed by atoms with Gasteiger partial charge in [-0.25, -0.2) is 4.98 Å². The van der Waals surface area contributed by atoms with Gasteiger partial charge in [-0.1, -0.05) is 15.9 Å². The smallest absolute Gasteiger partial charge is 0.111 e. The van der Waals surface area contributed by atoms with Crippen LogP contribution in [0.3, 0.4) is 0 Å². The number of halogens is 2. The van der Waals surface area contributed by atoms with Gasteiger partial charge in [0, 0.05) is 23.3 Å². The summed E-state index contributed by atoms with van der Waals surface area (Å²) in [6.45, 7) is 1.01. The predicted octanol–water partition coefficient (Wildman–Crippen LogP) is 4.33. The Bertz CT molecular complexity index is 527. The van der Waals surface area contributed by atoms with Crippen LogP contribution in [0.5, 0.6) is 0 Å². The molecule has 18 heavy (non-hydrogen) atoms. The molecule has 2 nitrogen and oxygen atoms in total. The lowest BCUT2D eigenvalue weighted by atomic mass is 10.3. The number of imidazole rings is 1. The molecule has 0 aliphatic carbocycles. The Morgan fingerprint density at radius 2 is 2.28 bits per heavy atom. The molecular formula is C13H16BrClN2S. The van der Waals surface area contributed by atoms with E-state index in [9.17, 15) is 0 Å². The van der Waals surface area contributed by atoms with Crippen molar-refractivity contribution in [3.05, 3.63) is 28.5 Å². The second kappa shape index (κ2) is 6.83. The average molecular weight is 348 g/mol. The number of aromatic nitrogens is 2. The molecule has 0 saturated carbocycles. The van der Waals surface area contributed by atoms with Crippen LogP contribution in [0.1, 0.15) is 12.2 Å². The number of nitrogens with zero attached hydrogens (tertiary/aromatic N) is 2. The molecule has 2 rings (SSSR count). The van der Waals surface area contributed by atoms with Gasteiger partial charge in [0.05, 0.1) is 11.0 Å². The third-order valence-corrected chi connectivity index (χ3v) is 4.22. The Morgan fingerprint density at radius 3 is 3.00 bits per heavy atom. The van der Waals surface area contributed by atoms with Crippen LogP contribution in [0.15, 0.2) is 22.7 Å². The molecule has 5 heteroatoms. The summed E-state index contributed by atoms with van der Waals surface area (Å²) in [4.78, 5) is 4.67. The number of fused-ring (bicyclic) bond motifs is 1. The molecule has 0 aliphatic heterocycles. The van der Waals surface area contributed by atoms with Crippen LogP contribution in [-0.2, 0) is 13.0 Å². The third kappa shape index (κ3) is 3.22. The van der Waals surface area contributed by atoms with E-state index in [1.165, 1.54) is 11.3 Å². The Hall–Kier alpha value is -0.190. The molecule has 0 N–H and O–H groups in total. The molecule has 2 aromatic rings. The van der Waals surface area contributed by atoms with Crippen LogP contribution in [-0.4, -0.2) is 27.4 Å². The highest BCUT2D eigenvalue weighted by Crippen LogP contribution is 2.22. The minimum absolute atomic E-state index is 0.618. The van der Waals surface area contributed by atoms with Crippen LogP contribution >= 0.6 is 39.3 Å². The molecule has 1 aromatic carbocycles. The zero-order valence-corrected chi connectivity index (χ0v) is 13.5. The van der Waals surface area contributed by atoms with E-state index in [0.29, 0.717) is 5.88 Å². The summed E-state index contributed by atoms with van der Waals surface area (Å²) in [6, 6.07) is 6.23. The summed E-state index contributed by atoms with van der Waals surface area (Å²) >= 11 is 11.3. The first-order valence-electron chi connectivity index (χ1n) is 5.96. The van der Waals surface area contributed by atoms with Crippen molar-refractivity contribution in [1.82, 2.24) is 9.55 Å². The Labute approximate surface area is 125 Å². The number of thioether (sulfide) groups is 1. The molecule has 0 bridgehead atoms. The van der Waals surface area contributed by atoms with Crippen molar-refractivity contribution in [1.29, 1.82) is 0 Å². The van der Waals surface area contributed by atoms with Crippen molar-refractivity contribution in [3.63, 3.8) is 0 Å². The van der Waals surface area contributed by atoms with Gasteiger partial charge in [0.1, 0.15) is 5.82 Å². The highest BCUT2D eigenvalue weighted by atomic mass is 79.9. The van der Waals surface area contributed by atoms with E-state index >= 15 is 0 Å². The summed E-state index contributed by atoms with van der Waals surface area (Å²) in [5.74, 6) is 2.89. The molecule has 0 saturated heterocycles. The summed E-state index contributed by atoms with van der Waals surface area (Å²) in [5, 5.41) is 0. The van der Waals surface area contributed by atoms with Crippen molar-refractivity contribution in [2.75, 3.05) is 17.9 Å². The van der Waals surface area contributed by atoms with E-state index in [2.05, 4.69) is 43.9 Å². The van der Waals surface area contributed by atoms with Gasteiger partial charge in [-0.05, 0) is 36.6 Å². The molecule has 0 aliphatic rings. The summed E-state index contributed by atoms with van der Waals surface area (Å²) in [5.41, 5.74) is 2.26. The first-order chi connectivity index (χ1) is 8.76. The molecule has 0 fully saturated rings. The molecule has 0 atom stereocenters. The van der Waals surface area contributed by atoms with E-state index in [1.807, 2.05) is 17.8 Å². The fourth-order valence-corrected chi connectivity index (χ4v) is 2.97. The largest absolute Gasteiger partial charge is 0.328 e. The van der Waals surface area contributed by atoms with E-state index in [0.717, 1.165) is 35.2 Å². The first-order valence-corrected chi connectivity index (χ1v) is 8.68. The topological polar surface area (TPSA) is 17.8 Å². The van der Waals surface area contributed by atoms with Crippen LogP contribution in [0, 0.1) is 0 Å². The molecule has 98 valence electrons. The lowest BCUT2D eigenvalue weighted by Crippen LogP contribution is -2.05. The number of benzene rings is 1. The second-order valence-electron chi connectivity index (χ2n) is 4.10. The monoisotopic (exact) mass is 346 g/mol. The fourth-order valence-electron chi connectivity index (χ4n) is 2.04. The second-order valence-corrected chi connectivity index (χ2v) is 6.38. The summed E-state index contributed by atoms with van der Waals surface area (Å²) in [6.07, 6.45) is 4.13. The minimum Gasteiger partial charge on any atom is -0.328 e. The SMILES string of the molecule is CSCCCn1c(CCCl)nc2ccc(Br)cc21. The number of rotatable bonds is 6. The Balaban J connectivity index is 2.36. The van der Waals surface area contributed by atoms with Crippen molar-refractivity contribution in [2.45, 2.75) is 19.4 Å². The van der Waals surface area contributed by atoms with Crippen molar-refractivity contribution >= 4 is 50.3 Å². The standard InChI is InChI=1S/C13H16BrClN2S/c1-18-8-2-7-17-12-9-10(14)3-4-11(12)16-13(17)5-6-15/h3-4,9H,2,5-8H2,1H3. The van der Waals surface area contributed by atoms with Gasteiger partial charge in [-0.2, -0.15) is 11.8 Å². The number of hydrogen-bond donors (Lipinski definition) is 0. The summed E-state index contributed by atoms with van der Waals surface area (Å²) < 4.78 is 3.40. The molecular weight excluding hydrogens is 332 g/mol. The van der Waals surface area contributed by atoms with Gasteiger partial charge in [0.2, 0.25) is 0 Å². The van der Waals surface area contributed by atoms with E-state index in [4.69, 9.17) is 11.6 Å². The van der Waals surface area contributed by atoms with Crippen LogP contribution < -0.4 is 0 Å². The number of aryl methyl sites for hydroxylation is 2. The first kappa shape index (κ1) is 14.2. The van der Waals surface area contributed by atoms with Crippen LogP contribution in [0.4, 0.5) is 0 Å². The minimum atomic E-state index is 0.618. The predicted molar refractivity (Wildman–Crippen MR) is 84.9 cm³/mol. The van der Waals surface area contributed by atoms with Gasteiger partial charge < -0.3 is 4.57 Å². The maximum Gasteiger partial charge on any atom is 0.111 e. The van der Waals surface area contributed by atoms with Crippen LogP contribution in [0.25, 0.3) is 11.0 Å². The third-order valence-electron chi connectivity index (χ3n) is 2.84. The van der Waals surface area contributed by atoms with Crippen molar-refractivity contribution < 1.29 is 0 Å². The van der Waals surface area contributed by atoms with Gasteiger partial charge >= 0.3 is 0 Å². The van der Waals surface area contributed by atoms with E-state index in [1.54, 1.807) is 0 Å². The molecule has 1 aromatic heterocycles. The zero-order valence-electron chi connectivity index (χ0n) is 10.3. The molecule has 0 unspecified atom stereocenters. The van der Waals surface area contributed by atoms with Gasteiger partial charge in [0.15, 0.2) is 0 Å². The maximum atomic E-state index is 5.86. The quantitative estimate of drug-likeness (QED) is 0.571. The van der Waals surface area contributed by atoms with Gasteiger partial charge in [-0.3, -0.25) is 0 Å². The Kier molecular flexibility index (Phi) is 5.39. The van der Waals surface area contributed by atoms with Gasteiger partial charge in [-0.15, -0.1) is 11.6 Å². The van der Waals surface area contributed by atoms with Crippen molar-refractivity contribution in [2.24, 2.45) is 0 Å². The zero-order chi connectivity index (χ0) is 13.0. The fraction of sp³-hybridized carbons (Fsp3) is 0.462. The van der Waals surface area contributed by atoms with E-state index < -0.39 is 0 Å². The maximum absolute atomic E-state index is 5.86. The average Bonchev–Trinajstić information content (AvgIpc) is 2.68. The molecule has 0 spiro atoms. The molecule has 0 radical (unpaired) electrons. The highest BCUT2D eigenvalue weighted by molar-refractivity contribution is 9.10. The summed E-state index contributed by atoms with van der Waals surface area (Å²) in [7, 11) is 0. The lowest BCUT2D eigenvalue weighted by molar-refractivity contribution is 0.665.